The summed E-state index contributed by atoms with van der Waals surface area (Å²) in [5, 5.41) is 0. The number of aromatic amines is 1. The van der Waals surface area contributed by atoms with Crippen LogP contribution in [-0.2, 0) is 6.42 Å². The molecule has 1 aromatic heterocycles. The summed E-state index contributed by atoms with van der Waals surface area (Å²) in [6.07, 6.45) is 4.03. The number of hydrogen-bond acceptors (Lipinski definition) is 2. The van der Waals surface area contributed by atoms with E-state index < -0.39 is 0 Å². The molecule has 1 aliphatic rings. The zero-order valence-electron chi connectivity index (χ0n) is 8.47. The largest absolute Gasteiger partial charge is 0.351 e. The van der Waals surface area contributed by atoms with Crippen molar-refractivity contribution in [3.8, 4) is 0 Å². The lowest BCUT2D eigenvalue weighted by atomic mass is 10.0. The van der Waals surface area contributed by atoms with Gasteiger partial charge < -0.3 is 4.98 Å². The van der Waals surface area contributed by atoms with Crippen LogP contribution in [0.15, 0.2) is 41.8 Å². The van der Waals surface area contributed by atoms with E-state index >= 15 is 0 Å². The van der Waals surface area contributed by atoms with Gasteiger partial charge in [-0.1, -0.05) is 18.2 Å². The summed E-state index contributed by atoms with van der Waals surface area (Å²) in [6.45, 7) is 0. The first-order chi connectivity index (χ1) is 7.84. The Kier molecular flexibility index (Phi) is 1.93. The number of nitrogens with one attached hydrogen (secondary N) is 1. The van der Waals surface area contributed by atoms with Gasteiger partial charge in [-0.05, 0) is 6.07 Å². The molecule has 1 aromatic carbocycles. The lowest BCUT2D eigenvalue weighted by molar-refractivity contribution is 0.101. The highest BCUT2D eigenvalue weighted by atomic mass is 16.1. The van der Waals surface area contributed by atoms with E-state index in [1.165, 1.54) is 0 Å². The van der Waals surface area contributed by atoms with Crippen LogP contribution in [0.5, 0.6) is 0 Å². The summed E-state index contributed by atoms with van der Waals surface area (Å²) in [5.41, 5.74) is 3.31. The number of imidazole rings is 1. The minimum absolute atomic E-state index is 0.152. The third-order valence-electron chi connectivity index (χ3n) is 2.61. The van der Waals surface area contributed by atoms with E-state index in [0.29, 0.717) is 12.0 Å². The van der Waals surface area contributed by atoms with E-state index in [1.807, 2.05) is 24.4 Å². The molecule has 3 rings (SSSR count). The Hall–Kier alpha value is -2.23. The molecule has 4 nitrogen and oxygen atoms in total. The monoisotopic (exact) mass is 211 g/mol. The number of fused-ring (bicyclic) bond motifs is 1. The Balaban J connectivity index is 1.99. The van der Waals surface area contributed by atoms with E-state index in [0.717, 1.165) is 17.0 Å². The normalized spacial score (nSPS) is 13.8. The lowest BCUT2D eigenvalue weighted by Crippen LogP contribution is -2.02. The standard InChI is InChI=1S/C12H9N3O/c16-12-10-4-2-1-3-9(10)11(15-12)5-8-6-13-7-14-8/h1-4,6-7H,5H2,(H,13,14). The van der Waals surface area contributed by atoms with Crippen LogP contribution in [0.2, 0.25) is 0 Å². The van der Waals surface area contributed by atoms with Crippen molar-refractivity contribution in [1.82, 2.24) is 9.97 Å². The molecule has 0 saturated carbocycles. The summed E-state index contributed by atoms with van der Waals surface area (Å²) >= 11 is 0. The van der Waals surface area contributed by atoms with Crippen molar-refractivity contribution >= 4 is 11.6 Å². The van der Waals surface area contributed by atoms with Gasteiger partial charge in [0.05, 0.1) is 23.3 Å². The predicted octanol–water partition coefficient (Wildman–Crippen LogP) is 1.60. The fourth-order valence-corrected chi connectivity index (χ4v) is 1.86. The van der Waals surface area contributed by atoms with E-state index in [1.54, 1.807) is 12.4 Å². The van der Waals surface area contributed by atoms with Gasteiger partial charge in [0.15, 0.2) is 0 Å². The second-order valence-corrected chi connectivity index (χ2v) is 3.65. The van der Waals surface area contributed by atoms with Gasteiger partial charge in [-0.25, -0.2) is 9.98 Å². The molecule has 2 heterocycles. The number of carbonyl (C=O) groups excluding carboxylic acids is 1. The predicted molar refractivity (Wildman–Crippen MR) is 59.6 cm³/mol. The Morgan fingerprint density at radius 2 is 2.00 bits per heavy atom. The van der Waals surface area contributed by atoms with Crippen LogP contribution >= 0.6 is 0 Å². The van der Waals surface area contributed by atoms with Gasteiger partial charge in [0.25, 0.3) is 5.91 Å². The van der Waals surface area contributed by atoms with Crippen molar-refractivity contribution < 1.29 is 4.79 Å². The fraction of sp³-hybridized carbons (Fsp3) is 0.0833. The number of benzene rings is 1. The number of rotatable bonds is 2. The number of carbonyl (C=O) groups is 1. The summed E-state index contributed by atoms with van der Waals surface area (Å²) < 4.78 is 0. The smallest absolute Gasteiger partial charge is 0.277 e. The molecule has 0 fully saturated rings. The number of hydrogen-bond donors (Lipinski definition) is 1. The van der Waals surface area contributed by atoms with Gasteiger partial charge in [0.1, 0.15) is 0 Å². The SMILES string of the molecule is O=C1N=C(Cc2c[nH]cn2)c2ccccc21. The van der Waals surface area contributed by atoms with Crippen molar-refractivity contribution in [3.63, 3.8) is 0 Å². The van der Waals surface area contributed by atoms with Crippen LogP contribution < -0.4 is 0 Å². The molecule has 78 valence electrons. The molecule has 4 heteroatoms. The number of amides is 1. The first-order valence-electron chi connectivity index (χ1n) is 5.03. The molecule has 1 aliphatic heterocycles. The molecule has 0 unspecified atom stereocenters. The van der Waals surface area contributed by atoms with Crippen molar-refractivity contribution in [3.05, 3.63) is 53.6 Å². The molecular formula is C12H9N3O. The minimum atomic E-state index is -0.152. The van der Waals surface area contributed by atoms with Crippen LogP contribution in [0.3, 0.4) is 0 Å². The van der Waals surface area contributed by atoms with E-state index in [2.05, 4.69) is 15.0 Å². The first kappa shape index (κ1) is 9.03. The van der Waals surface area contributed by atoms with E-state index in [-0.39, 0.29) is 5.91 Å². The first-order valence-corrected chi connectivity index (χ1v) is 5.03. The number of H-pyrrole nitrogens is 1. The Morgan fingerprint density at radius 1 is 1.19 bits per heavy atom. The van der Waals surface area contributed by atoms with Gasteiger partial charge in [-0.3, -0.25) is 4.79 Å². The number of aromatic nitrogens is 2. The average Bonchev–Trinajstić information content (AvgIpc) is 2.90. The van der Waals surface area contributed by atoms with Crippen molar-refractivity contribution in [1.29, 1.82) is 0 Å². The van der Waals surface area contributed by atoms with Crippen LogP contribution in [0, 0.1) is 0 Å². The van der Waals surface area contributed by atoms with E-state index in [9.17, 15) is 4.79 Å². The minimum Gasteiger partial charge on any atom is -0.351 e. The van der Waals surface area contributed by atoms with Crippen molar-refractivity contribution in [2.45, 2.75) is 6.42 Å². The molecule has 0 radical (unpaired) electrons. The molecule has 0 saturated heterocycles. The quantitative estimate of drug-likeness (QED) is 0.820. The lowest BCUT2D eigenvalue weighted by Gasteiger charge is -1.99. The third-order valence-corrected chi connectivity index (χ3v) is 2.61. The zero-order chi connectivity index (χ0) is 11.0. The molecule has 1 N–H and O–H groups in total. The van der Waals surface area contributed by atoms with Crippen LogP contribution in [0.4, 0.5) is 0 Å². The molecule has 0 bridgehead atoms. The number of nitrogens with zero attached hydrogens (tertiary/aromatic N) is 2. The van der Waals surface area contributed by atoms with Crippen LogP contribution in [-0.4, -0.2) is 21.6 Å². The highest BCUT2D eigenvalue weighted by Crippen LogP contribution is 2.20. The average molecular weight is 211 g/mol. The fourth-order valence-electron chi connectivity index (χ4n) is 1.86. The molecule has 1 amide bonds. The Morgan fingerprint density at radius 3 is 2.75 bits per heavy atom. The summed E-state index contributed by atoms with van der Waals surface area (Å²) in [6, 6.07) is 7.49. The highest BCUT2D eigenvalue weighted by molar-refractivity contribution is 6.21. The second kappa shape index (κ2) is 3.41. The van der Waals surface area contributed by atoms with Gasteiger partial charge in [0, 0.05) is 18.2 Å². The summed E-state index contributed by atoms with van der Waals surface area (Å²) in [4.78, 5) is 22.7. The maximum atomic E-state index is 11.6. The second-order valence-electron chi connectivity index (χ2n) is 3.65. The van der Waals surface area contributed by atoms with Gasteiger partial charge in [0.2, 0.25) is 0 Å². The molecule has 0 aliphatic carbocycles. The number of aliphatic imine (C=N–C) groups is 1. The van der Waals surface area contributed by atoms with Crippen molar-refractivity contribution in [2.24, 2.45) is 4.99 Å². The van der Waals surface area contributed by atoms with E-state index in [4.69, 9.17) is 0 Å². The Labute approximate surface area is 92.1 Å². The van der Waals surface area contributed by atoms with Crippen LogP contribution in [0.1, 0.15) is 21.6 Å². The molecule has 0 atom stereocenters. The summed E-state index contributed by atoms with van der Waals surface area (Å²) in [7, 11) is 0. The summed E-state index contributed by atoms with van der Waals surface area (Å²) in [5.74, 6) is -0.152. The molecule has 0 spiro atoms. The third kappa shape index (κ3) is 1.35. The zero-order valence-corrected chi connectivity index (χ0v) is 8.47. The van der Waals surface area contributed by atoms with Crippen molar-refractivity contribution in [2.75, 3.05) is 0 Å². The topological polar surface area (TPSA) is 58.1 Å². The van der Waals surface area contributed by atoms with Crippen LogP contribution in [0.25, 0.3) is 0 Å². The Bertz CT molecular complexity index is 570. The molecular weight excluding hydrogens is 202 g/mol. The maximum absolute atomic E-state index is 11.6. The molecule has 16 heavy (non-hydrogen) atoms. The van der Waals surface area contributed by atoms with Gasteiger partial charge >= 0.3 is 0 Å². The van der Waals surface area contributed by atoms with Gasteiger partial charge in [-0.15, -0.1) is 0 Å². The highest BCUT2D eigenvalue weighted by Gasteiger charge is 2.22. The molecule has 2 aromatic rings. The maximum Gasteiger partial charge on any atom is 0.277 e. The van der Waals surface area contributed by atoms with Gasteiger partial charge in [-0.2, -0.15) is 0 Å².